The summed E-state index contributed by atoms with van der Waals surface area (Å²) in [6, 6.07) is 17.4. The Balaban J connectivity index is 1.80. The van der Waals surface area contributed by atoms with E-state index in [2.05, 4.69) is 0 Å². The van der Waals surface area contributed by atoms with Crippen LogP contribution in [-0.4, -0.2) is 12.7 Å². The van der Waals surface area contributed by atoms with Crippen molar-refractivity contribution in [3.05, 3.63) is 60.2 Å². The molecule has 3 nitrogen and oxygen atoms in total. The molecule has 2 aromatic carbocycles. The van der Waals surface area contributed by atoms with E-state index >= 15 is 0 Å². The van der Waals surface area contributed by atoms with Gasteiger partial charge in [0.25, 0.3) is 0 Å². The lowest BCUT2D eigenvalue weighted by molar-refractivity contribution is 0.0721. The van der Waals surface area contributed by atoms with Crippen molar-refractivity contribution in [1.82, 2.24) is 0 Å². The fourth-order valence-corrected chi connectivity index (χ4v) is 2.10. The van der Waals surface area contributed by atoms with E-state index in [1.807, 2.05) is 54.6 Å². The molecule has 3 rings (SSSR count). The van der Waals surface area contributed by atoms with Crippen LogP contribution in [-0.2, 0) is 0 Å². The summed E-state index contributed by atoms with van der Waals surface area (Å²) in [6.45, 7) is 0.479. The first kappa shape index (κ1) is 11.1. The van der Waals surface area contributed by atoms with Crippen LogP contribution in [0.5, 0.6) is 11.5 Å². The van der Waals surface area contributed by atoms with Gasteiger partial charge in [0.1, 0.15) is 6.61 Å². The summed E-state index contributed by atoms with van der Waals surface area (Å²) in [5, 5.41) is 0. The Morgan fingerprint density at radius 2 is 1.61 bits per heavy atom. The fraction of sp³-hybridized carbons (Fsp3) is 0.200. The highest BCUT2D eigenvalue weighted by Crippen LogP contribution is 2.33. The van der Waals surface area contributed by atoms with Crippen LogP contribution < -0.4 is 15.2 Å². The van der Waals surface area contributed by atoms with E-state index in [1.165, 1.54) is 0 Å². The molecule has 2 aromatic rings. The summed E-state index contributed by atoms with van der Waals surface area (Å²) in [4.78, 5) is 0. The molecule has 1 aliphatic rings. The molecule has 0 amide bonds. The zero-order chi connectivity index (χ0) is 12.4. The standard InChI is InChI=1S/C15H15NO2/c16-15(11-6-2-1-3-7-11)14-10-17-12-8-4-5-9-13(12)18-14/h1-9,14-15H,10,16H2. The second kappa shape index (κ2) is 4.70. The van der Waals surface area contributed by atoms with Crippen LogP contribution in [0.2, 0.25) is 0 Å². The lowest BCUT2D eigenvalue weighted by atomic mass is 10.0. The highest BCUT2D eigenvalue weighted by atomic mass is 16.6. The smallest absolute Gasteiger partial charge is 0.161 e. The summed E-state index contributed by atoms with van der Waals surface area (Å²) in [5.74, 6) is 1.55. The SMILES string of the molecule is NC(c1ccccc1)C1COc2ccccc2O1. The van der Waals surface area contributed by atoms with Gasteiger partial charge in [-0.15, -0.1) is 0 Å². The number of hydrogen-bond donors (Lipinski definition) is 1. The minimum Gasteiger partial charge on any atom is -0.486 e. The van der Waals surface area contributed by atoms with Crippen molar-refractivity contribution in [2.24, 2.45) is 5.73 Å². The molecule has 1 aliphatic heterocycles. The molecule has 0 saturated heterocycles. The average Bonchev–Trinajstić information content (AvgIpc) is 2.47. The van der Waals surface area contributed by atoms with E-state index in [1.54, 1.807) is 0 Å². The molecule has 18 heavy (non-hydrogen) atoms. The molecular formula is C15H15NO2. The molecule has 0 fully saturated rings. The van der Waals surface area contributed by atoms with E-state index in [4.69, 9.17) is 15.2 Å². The number of para-hydroxylation sites is 2. The second-order valence-corrected chi connectivity index (χ2v) is 4.35. The summed E-state index contributed by atoms with van der Waals surface area (Å²) < 4.78 is 11.6. The normalized spacial score (nSPS) is 19.3. The molecule has 3 heteroatoms. The maximum Gasteiger partial charge on any atom is 0.161 e. The molecule has 0 spiro atoms. The van der Waals surface area contributed by atoms with Gasteiger partial charge in [-0.05, 0) is 17.7 Å². The Morgan fingerprint density at radius 1 is 0.944 bits per heavy atom. The predicted molar refractivity (Wildman–Crippen MR) is 69.7 cm³/mol. The Hall–Kier alpha value is -2.00. The van der Waals surface area contributed by atoms with Crippen LogP contribution in [0.3, 0.4) is 0 Å². The molecule has 0 radical (unpaired) electrons. The van der Waals surface area contributed by atoms with Gasteiger partial charge in [-0.25, -0.2) is 0 Å². The first-order valence-electron chi connectivity index (χ1n) is 6.03. The lowest BCUT2D eigenvalue weighted by Crippen LogP contribution is -2.38. The van der Waals surface area contributed by atoms with Gasteiger partial charge in [-0.3, -0.25) is 0 Å². The molecular weight excluding hydrogens is 226 g/mol. The molecule has 2 unspecified atom stereocenters. The van der Waals surface area contributed by atoms with Gasteiger partial charge in [0.15, 0.2) is 17.6 Å². The molecule has 2 N–H and O–H groups in total. The van der Waals surface area contributed by atoms with Crippen LogP contribution in [0, 0.1) is 0 Å². The summed E-state index contributed by atoms with van der Waals surface area (Å²) in [5.41, 5.74) is 7.28. The van der Waals surface area contributed by atoms with Crippen LogP contribution in [0.4, 0.5) is 0 Å². The number of fused-ring (bicyclic) bond motifs is 1. The fourth-order valence-electron chi connectivity index (χ4n) is 2.10. The van der Waals surface area contributed by atoms with E-state index in [9.17, 15) is 0 Å². The first-order valence-corrected chi connectivity index (χ1v) is 6.03. The van der Waals surface area contributed by atoms with Crippen molar-refractivity contribution >= 4 is 0 Å². The van der Waals surface area contributed by atoms with Gasteiger partial charge in [-0.1, -0.05) is 42.5 Å². The topological polar surface area (TPSA) is 44.5 Å². The molecule has 0 aromatic heterocycles. The highest BCUT2D eigenvalue weighted by molar-refractivity contribution is 5.41. The average molecular weight is 241 g/mol. The number of nitrogens with two attached hydrogens (primary N) is 1. The molecule has 92 valence electrons. The maximum atomic E-state index is 6.22. The third-order valence-electron chi connectivity index (χ3n) is 3.12. The Labute approximate surface area is 106 Å². The number of rotatable bonds is 2. The van der Waals surface area contributed by atoms with Gasteiger partial charge in [-0.2, -0.15) is 0 Å². The van der Waals surface area contributed by atoms with Gasteiger partial charge in [0.2, 0.25) is 0 Å². The Morgan fingerprint density at radius 3 is 2.39 bits per heavy atom. The van der Waals surface area contributed by atoms with Crippen molar-refractivity contribution in [2.45, 2.75) is 12.1 Å². The highest BCUT2D eigenvalue weighted by Gasteiger charge is 2.27. The van der Waals surface area contributed by atoms with Crippen LogP contribution in [0.25, 0.3) is 0 Å². The van der Waals surface area contributed by atoms with Gasteiger partial charge in [0.05, 0.1) is 6.04 Å². The van der Waals surface area contributed by atoms with Gasteiger partial charge in [0, 0.05) is 0 Å². The maximum absolute atomic E-state index is 6.22. The zero-order valence-electron chi connectivity index (χ0n) is 9.95. The minimum atomic E-state index is -0.181. The molecule has 0 saturated carbocycles. The van der Waals surface area contributed by atoms with Crippen molar-refractivity contribution in [3.8, 4) is 11.5 Å². The third-order valence-corrected chi connectivity index (χ3v) is 3.12. The summed E-state index contributed by atoms with van der Waals surface area (Å²) >= 11 is 0. The molecule has 0 bridgehead atoms. The van der Waals surface area contributed by atoms with Gasteiger partial charge < -0.3 is 15.2 Å². The van der Waals surface area contributed by atoms with Crippen LogP contribution in [0.1, 0.15) is 11.6 Å². The predicted octanol–water partition coefficient (Wildman–Crippen LogP) is 2.53. The Bertz CT molecular complexity index is 527. The number of benzene rings is 2. The monoisotopic (exact) mass is 241 g/mol. The van der Waals surface area contributed by atoms with Crippen LogP contribution >= 0.6 is 0 Å². The van der Waals surface area contributed by atoms with Crippen molar-refractivity contribution in [2.75, 3.05) is 6.61 Å². The first-order chi connectivity index (χ1) is 8.84. The summed E-state index contributed by atoms with van der Waals surface area (Å²) in [7, 11) is 0. The van der Waals surface area contributed by atoms with E-state index < -0.39 is 0 Å². The van der Waals surface area contributed by atoms with E-state index in [-0.39, 0.29) is 12.1 Å². The summed E-state index contributed by atoms with van der Waals surface area (Å²) in [6.07, 6.45) is -0.151. The minimum absolute atomic E-state index is 0.151. The third kappa shape index (κ3) is 2.05. The quantitative estimate of drug-likeness (QED) is 0.878. The van der Waals surface area contributed by atoms with Crippen molar-refractivity contribution in [3.63, 3.8) is 0 Å². The van der Waals surface area contributed by atoms with E-state index in [0.717, 1.165) is 17.1 Å². The van der Waals surface area contributed by atoms with Crippen molar-refractivity contribution < 1.29 is 9.47 Å². The number of hydrogen-bond acceptors (Lipinski definition) is 3. The van der Waals surface area contributed by atoms with Gasteiger partial charge >= 0.3 is 0 Å². The van der Waals surface area contributed by atoms with Crippen molar-refractivity contribution in [1.29, 1.82) is 0 Å². The molecule has 1 heterocycles. The molecule has 2 atom stereocenters. The van der Waals surface area contributed by atoms with Crippen LogP contribution in [0.15, 0.2) is 54.6 Å². The number of ether oxygens (including phenoxy) is 2. The second-order valence-electron chi connectivity index (χ2n) is 4.35. The lowest BCUT2D eigenvalue weighted by Gasteiger charge is -2.30. The Kier molecular flexibility index (Phi) is 2.90. The zero-order valence-corrected chi connectivity index (χ0v) is 9.95. The largest absolute Gasteiger partial charge is 0.486 e. The van der Waals surface area contributed by atoms with E-state index in [0.29, 0.717) is 6.61 Å². The molecule has 0 aliphatic carbocycles.